The fraction of sp³-hybridized carbons (Fsp3) is 0.294. The second-order valence-electron chi connectivity index (χ2n) is 5.10. The molecular formula is C17H20FN. The van der Waals surface area contributed by atoms with Gasteiger partial charge in [-0.2, -0.15) is 0 Å². The predicted octanol–water partition coefficient (Wildman–Crippen LogP) is 4.29. The van der Waals surface area contributed by atoms with E-state index in [4.69, 9.17) is 0 Å². The highest BCUT2D eigenvalue weighted by molar-refractivity contribution is 5.26. The van der Waals surface area contributed by atoms with Crippen LogP contribution in [0, 0.1) is 19.7 Å². The van der Waals surface area contributed by atoms with Crippen LogP contribution in [0.5, 0.6) is 0 Å². The molecule has 2 aromatic carbocycles. The molecule has 0 spiro atoms. The number of nitrogens with one attached hydrogen (secondary N) is 1. The number of hydrogen-bond acceptors (Lipinski definition) is 1. The predicted molar refractivity (Wildman–Crippen MR) is 77.6 cm³/mol. The minimum absolute atomic E-state index is 0.143. The molecule has 0 radical (unpaired) electrons. The molecule has 1 atom stereocenters. The summed E-state index contributed by atoms with van der Waals surface area (Å²) in [4.78, 5) is 0. The van der Waals surface area contributed by atoms with Crippen molar-refractivity contribution in [1.29, 1.82) is 0 Å². The van der Waals surface area contributed by atoms with Crippen molar-refractivity contribution >= 4 is 0 Å². The Bertz CT molecular complexity index is 563. The van der Waals surface area contributed by atoms with Gasteiger partial charge in [0.1, 0.15) is 5.82 Å². The lowest BCUT2D eigenvalue weighted by Gasteiger charge is -2.15. The normalized spacial score (nSPS) is 12.4. The van der Waals surface area contributed by atoms with Gasteiger partial charge in [-0.05, 0) is 43.5 Å². The molecule has 19 heavy (non-hydrogen) atoms. The minimum Gasteiger partial charge on any atom is -0.306 e. The first-order valence-corrected chi connectivity index (χ1v) is 6.61. The van der Waals surface area contributed by atoms with Gasteiger partial charge in [-0.15, -0.1) is 0 Å². The van der Waals surface area contributed by atoms with Crippen molar-refractivity contribution in [3.63, 3.8) is 0 Å². The summed E-state index contributed by atoms with van der Waals surface area (Å²) in [5.41, 5.74) is 4.35. The largest absolute Gasteiger partial charge is 0.306 e. The first-order valence-electron chi connectivity index (χ1n) is 6.61. The molecule has 0 saturated carbocycles. The molecular weight excluding hydrogens is 237 g/mol. The van der Waals surface area contributed by atoms with Gasteiger partial charge < -0.3 is 5.32 Å². The Morgan fingerprint density at radius 3 is 2.58 bits per heavy atom. The summed E-state index contributed by atoms with van der Waals surface area (Å²) in [5, 5.41) is 3.47. The van der Waals surface area contributed by atoms with E-state index in [-0.39, 0.29) is 11.9 Å². The van der Waals surface area contributed by atoms with E-state index < -0.39 is 0 Å². The highest BCUT2D eigenvalue weighted by Crippen LogP contribution is 2.15. The van der Waals surface area contributed by atoms with Gasteiger partial charge in [0.05, 0.1) is 0 Å². The number of benzene rings is 2. The summed E-state index contributed by atoms with van der Waals surface area (Å²) < 4.78 is 13.2. The van der Waals surface area contributed by atoms with Crippen molar-refractivity contribution in [1.82, 2.24) is 5.32 Å². The summed E-state index contributed by atoms with van der Waals surface area (Å²) >= 11 is 0. The molecule has 2 heteroatoms. The van der Waals surface area contributed by atoms with E-state index in [1.165, 1.54) is 17.2 Å². The Labute approximate surface area is 114 Å². The summed E-state index contributed by atoms with van der Waals surface area (Å²) in [7, 11) is 0. The molecule has 0 aliphatic carbocycles. The maximum absolute atomic E-state index is 13.2. The molecule has 0 unspecified atom stereocenters. The summed E-state index contributed by atoms with van der Waals surface area (Å²) in [5.74, 6) is -0.143. The second kappa shape index (κ2) is 5.98. The van der Waals surface area contributed by atoms with Crippen molar-refractivity contribution in [3.8, 4) is 0 Å². The molecule has 0 aliphatic heterocycles. The smallest absolute Gasteiger partial charge is 0.126 e. The molecule has 0 aliphatic rings. The molecule has 2 aromatic rings. The van der Waals surface area contributed by atoms with Gasteiger partial charge in [-0.25, -0.2) is 4.39 Å². The van der Waals surface area contributed by atoms with Gasteiger partial charge in [0, 0.05) is 12.6 Å². The van der Waals surface area contributed by atoms with Crippen LogP contribution in [0.25, 0.3) is 0 Å². The monoisotopic (exact) mass is 257 g/mol. The Morgan fingerprint density at radius 2 is 1.89 bits per heavy atom. The molecule has 0 bridgehead atoms. The highest BCUT2D eigenvalue weighted by atomic mass is 19.1. The molecule has 0 aromatic heterocycles. The Hall–Kier alpha value is -1.67. The number of halogens is 1. The lowest BCUT2D eigenvalue weighted by Crippen LogP contribution is -2.18. The van der Waals surface area contributed by atoms with Crippen molar-refractivity contribution in [2.24, 2.45) is 0 Å². The van der Waals surface area contributed by atoms with E-state index >= 15 is 0 Å². The van der Waals surface area contributed by atoms with Crippen molar-refractivity contribution in [2.75, 3.05) is 0 Å². The highest BCUT2D eigenvalue weighted by Gasteiger charge is 2.05. The zero-order valence-corrected chi connectivity index (χ0v) is 11.7. The Kier molecular flexibility index (Phi) is 4.33. The summed E-state index contributed by atoms with van der Waals surface area (Å²) in [6, 6.07) is 14.0. The fourth-order valence-corrected chi connectivity index (χ4v) is 2.15. The molecule has 0 heterocycles. The van der Waals surface area contributed by atoms with Crippen LogP contribution < -0.4 is 5.32 Å². The van der Waals surface area contributed by atoms with E-state index in [1.54, 1.807) is 6.92 Å². The van der Waals surface area contributed by atoms with Gasteiger partial charge in [0.25, 0.3) is 0 Å². The first kappa shape index (κ1) is 13.8. The lowest BCUT2D eigenvalue weighted by molar-refractivity contribution is 0.571. The molecule has 1 N–H and O–H groups in total. The molecule has 100 valence electrons. The topological polar surface area (TPSA) is 12.0 Å². The van der Waals surface area contributed by atoms with Crippen molar-refractivity contribution < 1.29 is 4.39 Å². The average Bonchev–Trinajstić information content (AvgIpc) is 2.40. The number of rotatable bonds is 4. The molecule has 0 amide bonds. The second-order valence-corrected chi connectivity index (χ2v) is 5.10. The van der Waals surface area contributed by atoms with E-state index in [0.717, 1.165) is 12.1 Å². The van der Waals surface area contributed by atoms with E-state index in [2.05, 4.69) is 43.4 Å². The molecule has 0 fully saturated rings. The van der Waals surface area contributed by atoms with Crippen LogP contribution in [0.1, 0.15) is 35.2 Å². The lowest BCUT2D eigenvalue weighted by atomic mass is 10.1. The Balaban J connectivity index is 2.00. The minimum atomic E-state index is -0.143. The summed E-state index contributed by atoms with van der Waals surface area (Å²) in [6.07, 6.45) is 0. The van der Waals surface area contributed by atoms with Crippen LogP contribution in [0.3, 0.4) is 0 Å². The van der Waals surface area contributed by atoms with Gasteiger partial charge in [-0.1, -0.05) is 42.0 Å². The average molecular weight is 257 g/mol. The van der Waals surface area contributed by atoms with Crippen LogP contribution in [-0.2, 0) is 6.54 Å². The van der Waals surface area contributed by atoms with Crippen LogP contribution in [0.15, 0.2) is 42.5 Å². The van der Waals surface area contributed by atoms with Crippen LogP contribution >= 0.6 is 0 Å². The van der Waals surface area contributed by atoms with Gasteiger partial charge in [-0.3, -0.25) is 0 Å². The number of aryl methyl sites for hydroxylation is 2. The van der Waals surface area contributed by atoms with Gasteiger partial charge >= 0.3 is 0 Å². The fourth-order valence-electron chi connectivity index (χ4n) is 2.15. The van der Waals surface area contributed by atoms with Crippen LogP contribution in [0.2, 0.25) is 0 Å². The molecule has 1 nitrogen and oxygen atoms in total. The summed E-state index contributed by atoms with van der Waals surface area (Å²) in [6.45, 7) is 6.78. The van der Waals surface area contributed by atoms with Gasteiger partial charge in [0.2, 0.25) is 0 Å². The third-order valence-corrected chi connectivity index (χ3v) is 3.38. The van der Waals surface area contributed by atoms with Crippen LogP contribution in [-0.4, -0.2) is 0 Å². The van der Waals surface area contributed by atoms with Crippen LogP contribution in [0.4, 0.5) is 4.39 Å². The number of hydrogen-bond donors (Lipinski definition) is 1. The van der Waals surface area contributed by atoms with E-state index in [0.29, 0.717) is 5.56 Å². The Morgan fingerprint density at radius 1 is 1.11 bits per heavy atom. The molecule has 2 rings (SSSR count). The standard InChI is InChI=1S/C17H20FN/c1-12-5-4-6-16(9-12)14(3)19-11-15-7-8-17(18)13(2)10-15/h4-10,14,19H,11H2,1-3H3/t14-/m0/s1. The van der Waals surface area contributed by atoms with E-state index in [1.807, 2.05) is 12.1 Å². The molecule has 0 saturated heterocycles. The SMILES string of the molecule is Cc1cccc([C@H](C)NCc2ccc(F)c(C)c2)c1. The van der Waals surface area contributed by atoms with Gasteiger partial charge in [0.15, 0.2) is 0 Å². The van der Waals surface area contributed by atoms with Crippen molar-refractivity contribution in [2.45, 2.75) is 33.4 Å². The van der Waals surface area contributed by atoms with E-state index in [9.17, 15) is 4.39 Å². The third-order valence-electron chi connectivity index (χ3n) is 3.38. The third kappa shape index (κ3) is 3.65. The first-order chi connectivity index (χ1) is 9.06. The zero-order valence-electron chi connectivity index (χ0n) is 11.7. The zero-order chi connectivity index (χ0) is 13.8. The maximum Gasteiger partial charge on any atom is 0.126 e. The maximum atomic E-state index is 13.2. The quantitative estimate of drug-likeness (QED) is 0.861. The van der Waals surface area contributed by atoms with Crippen molar-refractivity contribution in [3.05, 3.63) is 70.5 Å².